The summed E-state index contributed by atoms with van der Waals surface area (Å²) in [5.41, 5.74) is 0. The molecule has 0 unspecified atom stereocenters. The topological polar surface area (TPSA) is 66.8 Å². The van der Waals surface area contributed by atoms with Crippen molar-refractivity contribution >= 4 is 10.1 Å². The predicted octanol–water partition coefficient (Wildman–Crippen LogP) is 0.539. The normalized spacial score (nSPS) is 15.9. The lowest BCUT2D eigenvalue weighted by molar-refractivity contribution is 0.344. The van der Waals surface area contributed by atoms with Gasteiger partial charge >= 0.3 is 0 Å². The lowest BCUT2D eigenvalue weighted by atomic mass is 10.4. The van der Waals surface area contributed by atoms with Crippen molar-refractivity contribution in [2.75, 3.05) is 12.3 Å². The van der Waals surface area contributed by atoms with Crippen LogP contribution in [0, 0.1) is 0 Å². The van der Waals surface area contributed by atoms with Crippen LogP contribution in [0.3, 0.4) is 0 Å². The molecule has 1 heterocycles. The molecule has 74 valence electrons. The molecular formula is C7H11NO4S. The van der Waals surface area contributed by atoms with Crippen molar-refractivity contribution in [1.82, 2.24) is 4.90 Å². The van der Waals surface area contributed by atoms with Crippen molar-refractivity contribution in [3.05, 3.63) is 24.9 Å². The highest BCUT2D eigenvalue weighted by Gasteiger charge is 2.05. The van der Waals surface area contributed by atoms with Gasteiger partial charge in [-0.15, -0.1) is 0 Å². The van der Waals surface area contributed by atoms with Crippen LogP contribution in [-0.4, -0.2) is 30.2 Å². The van der Waals surface area contributed by atoms with Gasteiger partial charge in [0.1, 0.15) is 12.5 Å². The molecule has 0 amide bonds. The summed E-state index contributed by atoms with van der Waals surface area (Å²) in [6.07, 6.45) is 6.74. The first kappa shape index (κ1) is 10.1. The molecule has 13 heavy (non-hydrogen) atoms. The van der Waals surface area contributed by atoms with Crippen LogP contribution in [0.4, 0.5) is 0 Å². The largest absolute Gasteiger partial charge is 0.470 e. The average molecular weight is 205 g/mol. The molecule has 0 radical (unpaired) electrons. The maximum absolute atomic E-state index is 10.3. The molecule has 1 aliphatic heterocycles. The molecule has 0 aliphatic carbocycles. The monoisotopic (exact) mass is 205 g/mol. The van der Waals surface area contributed by atoms with Gasteiger partial charge in [-0.05, 0) is 6.42 Å². The highest BCUT2D eigenvalue weighted by Crippen LogP contribution is 2.01. The van der Waals surface area contributed by atoms with E-state index in [2.05, 4.69) is 0 Å². The van der Waals surface area contributed by atoms with Crippen molar-refractivity contribution in [3.63, 3.8) is 0 Å². The van der Waals surface area contributed by atoms with E-state index in [1.54, 1.807) is 17.3 Å². The smallest absolute Gasteiger partial charge is 0.264 e. The van der Waals surface area contributed by atoms with Crippen LogP contribution >= 0.6 is 0 Å². The fourth-order valence-corrected chi connectivity index (χ4v) is 1.39. The Morgan fingerprint density at radius 2 is 1.92 bits per heavy atom. The Bertz CT molecular complexity index is 294. The average Bonchev–Trinajstić information content (AvgIpc) is 2.04. The molecule has 0 atom stereocenters. The summed E-state index contributed by atoms with van der Waals surface area (Å²) in [5, 5.41) is 0. The number of ether oxygens (including phenoxy) is 1. The van der Waals surface area contributed by atoms with E-state index < -0.39 is 10.1 Å². The van der Waals surface area contributed by atoms with Gasteiger partial charge in [-0.25, -0.2) is 0 Å². The third-order valence-corrected chi connectivity index (χ3v) is 2.28. The third-order valence-electron chi connectivity index (χ3n) is 1.48. The van der Waals surface area contributed by atoms with Crippen molar-refractivity contribution in [1.29, 1.82) is 0 Å². The van der Waals surface area contributed by atoms with Crippen LogP contribution in [0.15, 0.2) is 24.9 Å². The zero-order chi connectivity index (χ0) is 9.73. The minimum absolute atomic E-state index is 0.216. The first-order chi connectivity index (χ1) is 6.08. The molecule has 0 saturated heterocycles. The summed E-state index contributed by atoms with van der Waals surface area (Å²) in [7, 11) is -3.83. The van der Waals surface area contributed by atoms with E-state index in [0.29, 0.717) is 13.0 Å². The van der Waals surface area contributed by atoms with Gasteiger partial charge in [0.05, 0.1) is 5.75 Å². The molecule has 0 aromatic heterocycles. The molecule has 6 heteroatoms. The zero-order valence-electron chi connectivity index (χ0n) is 6.96. The lowest BCUT2D eigenvalue weighted by Gasteiger charge is -2.16. The first-order valence-electron chi connectivity index (χ1n) is 3.78. The lowest BCUT2D eigenvalue weighted by Crippen LogP contribution is -2.16. The summed E-state index contributed by atoms with van der Waals surface area (Å²) >= 11 is 0. The van der Waals surface area contributed by atoms with Crippen LogP contribution in [0.1, 0.15) is 6.42 Å². The van der Waals surface area contributed by atoms with Crippen molar-refractivity contribution in [3.8, 4) is 0 Å². The van der Waals surface area contributed by atoms with Crippen LogP contribution < -0.4 is 0 Å². The Labute approximate surface area is 77.0 Å². The van der Waals surface area contributed by atoms with Crippen LogP contribution in [-0.2, 0) is 14.9 Å². The van der Waals surface area contributed by atoms with E-state index in [-0.39, 0.29) is 5.75 Å². The van der Waals surface area contributed by atoms with Gasteiger partial charge in [0.25, 0.3) is 10.1 Å². The highest BCUT2D eigenvalue weighted by molar-refractivity contribution is 7.85. The summed E-state index contributed by atoms with van der Waals surface area (Å²) in [6.45, 7) is 0.538. The Kier molecular flexibility index (Phi) is 3.32. The SMILES string of the molecule is O=S(=O)(O)CCCN1C=COC=C1. The molecule has 0 aromatic rings. The highest BCUT2D eigenvalue weighted by atomic mass is 32.2. The van der Waals surface area contributed by atoms with E-state index in [9.17, 15) is 8.42 Å². The second-order valence-electron chi connectivity index (χ2n) is 2.58. The minimum atomic E-state index is -3.83. The molecule has 0 bridgehead atoms. The standard InChI is InChI=1S/C7H11NO4S/c9-13(10,11)7-1-2-8-3-5-12-6-4-8/h3-6H,1-2,7H2,(H,9,10,11). The fraction of sp³-hybridized carbons (Fsp3) is 0.429. The molecule has 1 aliphatic rings. The molecule has 0 fully saturated rings. The fourth-order valence-electron chi connectivity index (χ4n) is 0.900. The molecule has 5 nitrogen and oxygen atoms in total. The van der Waals surface area contributed by atoms with Gasteiger partial charge in [0.15, 0.2) is 0 Å². The number of hydrogen-bond donors (Lipinski definition) is 1. The maximum atomic E-state index is 10.3. The molecular weight excluding hydrogens is 194 g/mol. The van der Waals surface area contributed by atoms with Crippen LogP contribution in [0.5, 0.6) is 0 Å². The molecule has 0 saturated carbocycles. The number of rotatable bonds is 4. The van der Waals surface area contributed by atoms with Gasteiger partial charge in [-0.1, -0.05) is 0 Å². The molecule has 1 N–H and O–H groups in total. The second kappa shape index (κ2) is 4.29. The summed E-state index contributed by atoms with van der Waals surface area (Å²) in [6, 6.07) is 0. The van der Waals surface area contributed by atoms with Crippen molar-refractivity contribution in [2.45, 2.75) is 6.42 Å². The van der Waals surface area contributed by atoms with Gasteiger partial charge in [0, 0.05) is 18.9 Å². The van der Waals surface area contributed by atoms with E-state index in [1.165, 1.54) is 12.5 Å². The molecule has 0 spiro atoms. The number of hydrogen-bond acceptors (Lipinski definition) is 4. The van der Waals surface area contributed by atoms with E-state index in [1.807, 2.05) is 0 Å². The summed E-state index contributed by atoms with van der Waals surface area (Å²) < 4.78 is 33.9. The van der Waals surface area contributed by atoms with Crippen LogP contribution in [0.25, 0.3) is 0 Å². The first-order valence-corrected chi connectivity index (χ1v) is 5.38. The molecule has 0 aromatic carbocycles. The second-order valence-corrected chi connectivity index (χ2v) is 4.16. The van der Waals surface area contributed by atoms with Crippen molar-refractivity contribution < 1.29 is 17.7 Å². The minimum Gasteiger partial charge on any atom is -0.470 e. The van der Waals surface area contributed by atoms with Gasteiger partial charge in [-0.2, -0.15) is 8.42 Å². The Balaban J connectivity index is 2.23. The summed E-state index contributed by atoms with van der Waals surface area (Å²) in [5.74, 6) is -0.216. The van der Waals surface area contributed by atoms with E-state index >= 15 is 0 Å². The Hall–Kier alpha value is -1.01. The summed E-state index contributed by atoms with van der Waals surface area (Å²) in [4.78, 5) is 1.77. The predicted molar refractivity (Wildman–Crippen MR) is 47.1 cm³/mol. The zero-order valence-corrected chi connectivity index (χ0v) is 7.77. The number of nitrogens with zero attached hydrogens (tertiary/aromatic N) is 1. The molecule has 1 rings (SSSR count). The Morgan fingerprint density at radius 3 is 2.46 bits per heavy atom. The quantitative estimate of drug-likeness (QED) is 0.678. The van der Waals surface area contributed by atoms with Gasteiger partial charge in [-0.3, -0.25) is 4.55 Å². The van der Waals surface area contributed by atoms with Gasteiger partial charge in [0.2, 0.25) is 0 Å². The van der Waals surface area contributed by atoms with Crippen molar-refractivity contribution in [2.24, 2.45) is 0 Å². The van der Waals surface area contributed by atoms with E-state index in [4.69, 9.17) is 9.29 Å². The van der Waals surface area contributed by atoms with E-state index in [0.717, 1.165) is 0 Å². The maximum Gasteiger partial charge on any atom is 0.264 e. The third kappa shape index (κ3) is 4.54. The van der Waals surface area contributed by atoms with Crippen LogP contribution in [0.2, 0.25) is 0 Å². The van der Waals surface area contributed by atoms with Gasteiger partial charge < -0.3 is 9.64 Å². The Morgan fingerprint density at radius 1 is 1.31 bits per heavy atom.